The molecule has 2 atom stereocenters. The van der Waals surface area contributed by atoms with Gasteiger partial charge in [-0.1, -0.05) is 13.8 Å². The summed E-state index contributed by atoms with van der Waals surface area (Å²) in [5.41, 5.74) is 0.816. The molecule has 5 nitrogen and oxygen atoms in total. The van der Waals surface area contributed by atoms with E-state index in [0.29, 0.717) is 0 Å². The van der Waals surface area contributed by atoms with Crippen LogP contribution in [0.2, 0.25) is 0 Å². The summed E-state index contributed by atoms with van der Waals surface area (Å²) >= 11 is 0. The minimum atomic E-state index is -0.438. The summed E-state index contributed by atoms with van der Waals surface area (Å²) in [6.07, 6.45) is 5.05. The second-order valence-corrected chi connectivity index (χ2v) is 5.44. The first-order chi connectivity index (χ1) is 10.4. The monoisotopic (exact) mass is 304 g/mol. The van der Waals surface area contributed by atoms with E-state index in [2.05, 4.69) is 13.8 Å². The highest BCUT2D eigenvalue weighted by Gasteiger charge is 2.21. The molecule has 0 aliphatic carbocycles. The van der Waals surface area contributed by atoms with E-state index >= 15 is 0 Å². The zero-order valence-corrected chi connectivity index (χ0v) is 13.7. The third-order valence-electron chi connectivity index (χ3n) is 3.91. The van der Waals surface area contributed by atoms with Gasteiger partial charge in [0.15, 0.2) is 0 Å². The van der Waals surface area contributed by atoms with Crippen molar-refractivity contribution in [3.05, 3.63) is 46.0 Å². The molecule has 0 fully saturated rings. The van der Waals surface area contributed by atoms with E-state index in [4.69, 9.17) is 0 Å². The van der Waals surface area contributed by atoms with Crippen LogP contribution in [0.25, 0.3) is 6.08 Å². The normalized spacial score (nSPS) is 13.8. The zero-order chi connectivity index (χ0) is 16.7. The van der Waals surface area contributed by atoms with Gasteiger partial charge in [-0.15, -0.1) is 0 Å². The number of carbonyl (C=O) groups is 1. The number of non-ortho nitro benzene ring substituents is 1. The lowest BCUT2D eigenvalue weighted by Crippen LogP contribution is -2.43. The van der Waals surface area contributed by atoms with Crippen molar-refractivity contribution in [1.82, 2.24) is 4.90 Å². The summed E-state index contributed by atoms with van der Waals surface area (Å²) in [6.45, 7) is 8.22. The fraction of sp³-hybridized carbons (Fsp3) is 0.471. The summed E-state index contributed by atoms with van der Waals surface area (Å²) in [4.78, 5) is 24.5. The third kappa shape index (κ3) is 4.69. The Bertz CT molecular complexity index is 527. The molecule has 22 heavy (non-hydrogen) atoms. The maximum absolute atomic E-state index is 12.4. The van der Waals surface area contributed by atoms with Crippen molar-refractivity contribution in [3.63, 3.8) is 0 Å². The van der Waals surface area contributed by atoms with Gasteiger partial charge in [-0.25, -0.2) is 0 Å². The van der Waals surface area contributed by atoms with Crippen LogP contribution in [0.1, 0.15) is 46.1 Å². The molecule has 0 radical (unpaired) electrons. The number of hydrogen-bond acceptors (Lipinski definition) is 3. The first-order valence-electron chi connectivity index (χ1n) is 7.65. The van der Waals surface area contributed by atoms with Crippen LogP contribution in [-0.4, -0.2) is 27.8 Å². The molecule has 1 aromatic rings. The number of nitro groups is 1. The maximum atomic E-state index is 12.4. The Labute approximate surface area is 131 Å². The molecule has 120 valence electrons. The molecule has 0 saturated carbocycles. The van der Waals surface area contributed by atoms with Crippen LogP contribution in [0, 0.1) is 10.1 Å². The van der Waals surface area contributed by atoms with E-state index < -0.39 is 4.92 Å². The summed E-state index contributed by atoms with van der Waals surface area (Å²) in [6, 6.07) is 6.52. The minimum absolute atomic E-state index is 0.0259. The van der Waals surface area contributed by atoms with Gasteiger partial charge >= 0.3 is 0 Å². The molecular weight excluding hydrogens is 280 g/mol. The van der Waals surface area contributed by atoms with Gasteiger partial charge in [0.05, 0.1) is 4.92 Å². The predicted molar refractivity (Wildman–Crippen MR) is 88.5 cm³/mol. The Morgan fingerprint density at radius 2 is 1.68 bits per heavy atom. The van der Waals surface area contributed by atoms with E-state index in [0.717, 1.165) is 18.4 Å². The number of carbonyl (C=O) groups excluding carboxylic acids is 1. The van der Waals surface area contributed by atoms with E-state index in [-0.39, 0.29) is 23.7 Å². The lowest BCUT2D eigenvalue weighted by Gasteiger charge is -2.33. The Hall–Kier alpha value is -2.17. The number of nitro benzene ring substituents is 1. The Morgan fingerprint density at radius 3 is 2.09 bits per heavy atom. The van der Waals surface area contributed by atoms with Crippen LogP contribution in [0.15, 0.2) is 30.3 Å². The molecule has 0 aromatic heterocycles. The lowest BCUT2D eigenvalue weighted by molar-refractivity contribution is -0.384. The summed E-state index contributed by atoms with van der Waals surface area (Å²) in [7, 11) is 0. The van der Waals surface area contributed by atoms with E-state index in [1.807, 2.05) is 18.7 Å². The van der Waals surface area contributed by atoms with Crippen LogP contribution in [-0.2, 0) is 4.79 Å². The highest BCUT2D eigenvalue weighted by molar-refractivity contribution is 5.92. The lowest BCUT2D eigenvalue weighted by atomic mass is 10.1. The number of rotatable bonds is 7. The number of amides is 1. The topological polar surface area (TPSA) is 63.5 Å². The highest BCUT2D eigenvalue weighted by Crippen LogP contribution is 2.15. The highest BCUT2D eigenvalue weighted by atomic mass is 16.6. The zero-order valence-electron chi connectivity index (χ0n) is 13.7. The fourth-order valence-electron chi connectivity index (χ4n) is 2.22. The van der Waals surface area contributed by atoms with Crippen molar-refractivity contribution in [2.75, 3.05) is 0 Å². The largest absolute Gasteiger partial charge is 0.334 e. The molecule has 0 bridgehead atoms. The summed E-state index contributed by atoms with van der Waals surface area (Å²) in [5, 5.41) is 10.6. The second-order valence-electron chi connectivity index (χ2n) is 5.44. The SMILES string of the molecule is CC[C@H](C)N(C(=O)/C=C/c1ccc([N+](=O)[O-])cc1)[C@@H](C)CC. The van der Waals surface area contributed by atoms with Crippen molar-refractivity contribution >= 4 is 17.7 Å². The second kappa shape index (κ2) is 8.32. The van der Waals surface area contributed by atoms with Gasteiger partial charge in [-0.2, -0.15) is 0 Å². The van der Waals surface area contributed by atoms with Crippen molar-refractivity contribution in [1.29, 1.82) is 0 Å². The number of benzene rings is 1. The Kier molecular flexibility index (Phi) is 6.76. The minimum Gasteiger partial charge on any atom is -0.334 e. The first-order valence-corrected chi connectivity index (χ1v) is 7.65. The molecule has 1 rings (SSSR count). The van der Waals surface area contributed by atoms with Crippen molar-refractivity contribution in [2.45, 2.75) is 52.6 Å². The molecule has 1 amide bonds. The van der Waals surface area contributed by atoms with Gasteiger partial charge in [0.1, 0.15) is 0 Å². The molecule has 0 aliphatic heterocycles. The van der Waals surface area contributed by atoms with Gasteiger partial charge in [-0.05, 0) is 50.5 Å². The van der Waals surface area contributed by atoms with E-state index in [9.17, 15) is 14.9 Å². The first kappa shape index (κ1) is 17.9. The van der Waals surface area contributed by atoms with Crippen LogP contribution >= 0.6 is 0 Å². The molecule has 0 spiro atoms. The molecule has 1 aromatic carbocycles. The average Bonchev–Trinajstić information content (AvgIpc) is 2.52. The molecule has 0 aliphatic rings. The fourth-order valence-corrected chi connectivity index (χ4v) is 2.22. The van der Waals surface area contributed by atoms with Crippen LogP contribution in [0.4, 0.5) is 5.69 Å². The molecule has 0 saturated heterocycles. The molecular formula is C17H24N2O3. The van der Waals surface area contributed by atoms with Gasteiger partial charge in [0, 0.05) is 30.3 Å². The maximum Gasteiger partial charge on any atom is 0.269 e. The average molecular weight is 304 g/mol. The quantitative estimate of drug-likeness (QED) is 0.434. The standard InChI is InChI=1S/C17H24N2O3/c1-5-13(3)18(14(4)6-2)17(20)12-9-15-7-10-16(11-8-15)19(21)22/h7-14H,5-6H2,1-4H3/b12-9+/t13-,14-/m0/s1. The Balaban J connectivity index is 2.85. The van der Waals surface area contributed by atoms with Gasteiger partial charge in [-0.3, -0.25) is 14.9 Å². The predicted octanol–water partition coefficient (Wildman–Crippen LogP) is 4.03. The summed E-state index contributed by atoms with van der Waals surface area (Å²) in [5.74, 6) is -0.0259. The van der Waals surface area contributed by atoms with Crippen molar-refractivity contribution in [2.24, 2.45) is 0 Å². The van der Waals surface area contributed by atoms with Crippen molar-refractivity contribution < 1.29 is 9.72 Å². The van der Waals surface area contributed by atoms with Gasteiger partial charge < -0.3 is 4.90 Å². The molecule has 0 unspecified atom stereocenters. The van der Waals surface area contributed by atoms with Gasteiger partial charge in [0.25, 0.3) is 5.69 Å². The van der Waals surface area contributed by atoms with E-state index in [1.165, 1.54) is 12.1 Å². The van der Waals surface area contributed by atoms with Crippen LogP contribution in [0.3, 0.4) is 0 Å². The van der Waals surface area contributed by atoms with Gasteiger partial charge in [0.2, 0.25) is 5.91 Å². The van der Waals surface area contributed by atoms with Crippen LogP contribution in [0.5, 0.6) is 0 Å². The summed E-state index contributed by atoms with van der Waals surface area (Å²) < 4.78 is 0. The molecule has 0 heterocycles. The third-order valence-corrected chi connectivity index (χ3v) is 3.91. The number of hydrogen-bond donors (Lipinski definition) is 0. The molecule has 5 heteroatoms. The van der Waals surface area contributed by atoms with E-state index in [1.54, 1.807) is 24.3 Å². The Morgan fingerprint density at radius 1 is 1.18 bits per heavy atom. The molecule has 0 N–H and O–H groups in total. The smallest absolute Gasteiger partial charge is 0.269 e. The van der Waals surface area contributed by atoms with Crippen molar-refractivity contribution in [3.8, 4) is 0 Å². The van der Waals surface area contributed by atoms with Crippen LogP contribution < -0.4 is 0 Å². The number of nitrogens with zero attached hydrogens (tertiary/aromatic N) is 2.